The van der Waals surface area contributed by atoms with Crippen molar-refractivity contribution in [1.29, 1.82) is 0 Å². The summed E-state index contributed by atoms with van der Waals surface area (Å²) in [6.07, 6.45) is 0.487. The number of rotatable bonds is 4. The van der Waals surface area contributed by atoms with Crippen LogP contribution in [0.25, 0.3) is 0 Å². The van der Waals surface area contributed by atoms with Gasteiger partial charge in [0.15, 0.2) is 0 Å². The van der Waals surface area contributed by atoms with Gasteiger partial charge in [-0.1, -0.05) is 30.3 Å². The van der Waals surface area contributed by atoms with E-state index in [0.717, 1.165) is 16.9 Å². The smallest absolute Gasteiger partial charge is 0.338 e. The summed E-state index contributed by atoms with van der Waals surface area (Å²) in [5.41, 5.74) is 7.46. The van der Waals surface area contributed by atoms with E-state index < -0.39 is 18.0 Å². The summed E-state index contributed by atoms with van der Waals surface area (Å²) in [5.74, 6) is -2.08. The summed E-state index contributed by atoms with van der Waals surface area (Å²) in [4.78, 5) is 25.5. The predicted molar refractivity (Wildman–Crippen MR) is 86.6 cm³/mol. The second kappa shape index (κ2) is 6.02. The van der Waals surface area contributed by atoms with Gasteiger partial charge < -0.3 is 15.9 Å². The van der Waals surface area contributed by atoms with E-state index in [9.17, 15) is 19.8 Å². The van der Waals surface area contributed by atoms with Crippen LogP contribution in [0.4, 0.5) is 5.00 Å². The lowest BCUT2D eigenvalue weighted by Crippen LogP contribution is -2.38. The summed E-state index contributed by atoms with van der Waals surface area (Å²) >= 11 is 1.07. The quantitative estimate of drug-likeness (QED) is 0.793. The Morgan fingerprint density at radius 1 is 1.26 bits per heavy atom. The Balaban J connectivity index is 1.98. The van der Waals surface area contributed by atoms with E-state index in [1.54, 1.807) is 0 Å². The van der Waals surface area contributed by atoms with Crippen LogP contribution in [0.2, 0.25) is 0 Å². The third-order valence-electron chi connectivity index (χ3n) is 4.00. The summed E-state index contributed by atoms with van der Waals surface area (Å²) in [7, 11) is 0. The van der Waals surface area contributed by atoms with Gasteiger partial charge in [-0.25, -0.2) is 4.79 Å². The van der Waals surface area contributed by atoms with Crippen LogP contribution in [0.5, 0.6) is 0 Å². The van der Waals surface area contributed by atoms with Gasteiger partial charge in [0, 0.05) is 18.0 Å². The van der Waals surface area contributed by atoms with E-state index in [1.807, 2.05) is 35.2 Å². The highest BCUT2D eigenvalue weighted by Crippen LogP contribution is 2.41. The van der Waals surface area contributed by atoms with Crippen LogP contribution in [0, 0.1) is 0 Å². The molecule has 0 fully saturated rings. The van der Waals surface area contributed by atoms with Crippen molar-refractivity contribution in [1.82, 2.24) is 4.90 Å². The van der Waals surface area contributed by atoms with Gasteiger partial charge in [0.25, 0.3) is 0 Å². The fourth-order valence-electron chi connectivity index (χ4n) is 3.01. The highest BCUT2D eigenvalue weighted by Gasteiger charge is 2.38. The van der Waals surface area contributed by atoms with Gasteiger partial charge in [-0.3, -0.25) is 9.69 Å². The first-order valence-corrected chi connectivity index (χ1v) is 7.95. The van der Waals surface area contributed by atoms with E-state index >= 15 is 0 Å². The lowest BCUT2D eigenvalue weighted by atomic mass is 9.96. The molecule has 2 aromatic rings. The number of benzene rings is 1. The maximum absolute atomic E-state index is 11.8. The molecule has 2 heterocycles. The van der Waals surface area contributed by atoms with E-state index in [1.165, 1.54) is 0 Å². The molecule has 1 aromatic carbocycles. The van der Waals surface area contributed by atoms with E-state index in [4.69, 9.17) is 5.73 Å². The van der Waals surface area contributed by atoms with Crippen LogP contribution in [-0.4, -0.2) is 33.6 Å². The monoisotopic (exact) mass is 332 g/mol. The third kappa shape index (κ3) is 2.80. The Kier molecular flexibility index (Phi) is 4.06. The van der Waals surface area contributed by atoms with Gasteiger partial charge in [-0.2, -0.15) is 0 Å². The van der Waals surface area contributed by atoms with Gasteiger partial charge in [0.2, 0.25) is 0 Å². The largest absolute Gasteiger partial charge is 0.480 e. The van der Waals surface area contributed by atoms with E-state index in [0.29, 0.717) is 30.0 Å². The number of anilines is 1. The molecule has 1 unspecified atom stereocenters. The number of aromatic carboxylic acids is 1. The molecule has 0 spiro atoms. The molecule has 4 N–H and O–H groups in total. The number of carbonyl (C=O) groups is 2. The first-order valence-electron chi connectivity index (χ1n) is 7.14. The van der Waals surface area contributed by atoms with Crippen molar-refractivity contribution >= 4 is 28.3 Å². The number of hydrogen-bond acceptors (Lipinski definition) is 5. The number of hydrogen-bond donors (Lipinski definition) is 3. The Hall–Kier alpha value is -2.38. The van der Waals surface area contributed by atoms with Crippen molar-refractivity contribution in [3.05, 3.63) is 51.9 Å². The Morgan fingerprint density at radius 3 is 2.57 bits per heavy atom. The fourth-order valence-corrected chi connectivity index (χ4v) is 4.25. The zero-order valence-electron chi connectivity index (χ0n) is 12.2. The zero-order valence-corrected chi connectivity index (χ0v) is 13.0. The number of nitrogen functional groups attached to an aromatic ring is 1. The molecular weight excluding hydrogens is 316 g/mol. The number of thiophene rings is 1. The number of aliphatic carboxylic acids is 1. The van der Waals surface area contributed by atoms with Crippen molar-refractivity contribution in [2.75, 3.05) is 12.3 Å². The number of fused-ring (bicyclic) bond motifs is 1. The van der Waals surface area contributed by atoms with Crippen molar-refractivity contribution in [3.63, 3.8) is 0 Å². The average molecular weight is 332 g/mol. The molecule has 120 valence electrons. The Morgan fingerprint density at radius 2 is 1.96 bits per heavy atom. The number of nitrogens with zero attached hydrogens (tertiary/aromatic N) is 1. The minimum Gasteiger partial charge on any atom is -0.480 e. The van der Waals surface area contributed by atoms with Crippen molar-refractivity contribution < 1.29 is 19.8 Å². The van der Waals surface area contributed by atoms with Crippen molar-refractivity contribution in [2.45, 2.75) is 19.0 Å². The summed E-state index contributed by atoms with van der Waals surface area (Å²) < 4.78 is 0. The lowest BCUT2D eigenvalue weighted by Gasteiger charge is -2.33. The molecule has 1 aliphatic heterocycles. The molecule has 1 atom stereocenters. The molecular formula is C16H16N2O4S. The van der Waals surface area contributed by atoms with E-state index in [-0.39, 0.29) is 10.6 Å². The number of carboxylic acids is 2. The van der Waals surface area contributed by atoms with Crippen LogP contribution in [0.15, 0.2) is 30.3 Å². The van der Waals surface area contributed by atoms with E-state index in [2.05, 4.69) is 0 Å². The van der Waals surface area contributed by atoms with Crippen LogP contribution >= 0.6 is 11.3 Å². The second-order valence-corrected chi connectivity index (χ2v) is 6.52. The molecule has 23 heavy (non-hydrogen) atoms. The Labute approximate surface area is 136 Å². The summed E-state index contributed by atoms with van der Waals surface area (Å²) in [6, 6.07) is 8.75. The first-order chi connectivity index (χ1) is 11.0. The molecule has 6 nitrogen and oxygen atoms in total. The first kappa shape index (κ1) is 15.5. The summed E-state index contributed by atoms with van der Waals surface area (Å²) in [5, 5.41) is 19.1. The van der Waals surface area contributed by atoms with Gasteiger partial charge in [-0.05, 0) is 17.5 Å². The van der Waals surface area contributed by atoms with Gasteiger partial charge in [0.1, 0.15) is 11.0 Å². The zero-order chi connectivity index (χ0) is 16.6. The molecule has 0 saturated heterocycles. The van der Waals surface area contributed by atoms with Crippen molar-refractivity contribution in [2.24, 2.45) is 0 Å². The average Bonchev–Trinajstić information content (AvgIpc) is 2.83. The highest BCUT2D eigenvalue weighted by molar-refractivity contribution is 7.16. The van der Waals surface area contributed by atoms with Gasteiger partial charge in [0.05, 0.1) is 5.56 Å². The topological polar surface area (TPSA) is 104 Å². The SMILES string of the molecule is Nc1sc2c(c1C(=O)O)CCN(Cc1ccccc1)C2C(=O)O. The highest BCUT2D eigenvalue weighted by atomic mass is 32.1. The molecule has 3 rings (SSSR count). The lowest BCUT2D eigenvalue weighted by molar-refractivity contribution is -0.144. The number of nitrogens with two attached hydrogens (primary N) is 1. The van der Waals surface area contributed by atoms with Gasteiger partial charge in [-0.15, -0.1) is 11.3 Å². The molecule has 0 radical (unpaired) electrons. The minimum absolute atomic E-state index is 0.0654. The molecule has 1 aliphatic rings. The fraction of sp³-hybridized carbons (Fsp3) is 0.250. The standard InChI is InChI=1S/C16H16N2O4S/c17-14-11(15(19)20)10-6-7-18(8-9-4-2-1-3-5-9)12(16(21)22)13(10)23-14/h1-5,12H,6-8,17H2,(H,19,20)(H,21,22). The van der Waals surface area contributed by atoms with Crippen LogP contribution < -0.4 is 5.73 Å². The van der Waals surface area contributed by atoms with Gasteiger partial charge >= 0.3 is 11.9 Å². The molecule has 0 bridgehead atoms. The van der Waals surface area contributed by atoms with Crippen LogP contribution in [0.1, 0.15) is 32.4 Å². The molecule has 7 heteroatoms. The molecule has 1 aromatic heterocycles. The van der Waals surface area contributed by atoms with Crippen LogP contribution in [0.3, 0.4) is 0 Å². The van der Waals surface area contributed by atoms with Crippen LogP contribution in [-0.2, 0) is 17.8 Å². The normalized spacial score (nSPS) is 17.7. The predicted octanol–water partition coefficient (Wildman–Crippen LogP) is 2.21. The Bertz CT molecular complexity index is 757. The van der Waals surface area contributed by atoms with Crippen molar-refractivity contribution in [3.8, 4) is 0 Å². The molecule has 0 amide bonds. The number of carboxylic acid groups (broad SMARTS) is 2. The maximum atomic E-state index is 11.8. The molecule has 0 saturated carbocycles. The summed E-state index contributed by atoms with van der Waals surface area (Å²) in [6.45, 7) is 0.979. The third-order valence-corrected chi connectivity index (χ3v) is 5.12. The minimum atomic E-state index is -1.10. The maximum Gasteiger partial charge on any atom is 0.338 e. The second-order valence-electron chi connectivity index (χ2n) is 5.44. The molecule has 0 aliphatic carbocycles.